The minimum absolute atomic E-state index is 0.0366. The number of piperidine rings is 1. The van der Waals surface area contributed by atoms with Gasteiger partial charge in [0.15, 0.2) is 5.65 Å². The number of carbonyl (C=O) groups is 1. The lowest BCUT2D eigenvalue weighted by Gasteiger charge is -2.40. The Balaban J connectivity index is 1.22. The van der Waals surface area contributed by atoms with Crippen molar-refractivity contribution < 1.29 is 14.3 Å². The molecule has 5 aromatic rings. The number of aromatic nitrogens is 4. The summed E-state index contributed by atoms with van der Waals surface area (Å²) in [7, 11) is 0. The summed E-state index contributed by atoms with van der Waals surface area (Å²) in [4.78, 5) is 23.7. The lowest BCUT2D eigenvalue weighted by molar-refractivity contribution is 0.0160. The van der Waals surface area contributed by atoms with Crippen molar-refractivity contribution in [3.8, 4) is 22.8 Å². The number of anilines is 1. The number of nitrogens with zero attached hydrogens (tertiary/aromatic N) is 5. The lowest BCUT2D eigenvalue weighted by Crippen LogP contribution is -2.46. The minimum Gasteiger partial charge on any atom is -0.457 e. The molecule has 1 spiro atoms. The van der Waals surface area contributed by atoms with E-state index in [1.807, 2.05) is 85.0 Å². The number of amides is 1. The number of ether oxygens (including phenoxy) is 2. The third-order valence-corrected chi connectivity index (χ3v) is 8.77. The van der Waals surface area contributed by atoms with Crippen LogP contribution in [0.15, 0.2) is 85.2 Å². The summed E-state index contributed by atoms with van der Waals surface area (Å²) in [6, 6.07) is 26.1. The second kappa shape index (κ2) is 10.7. The number of hydrogen-bond donors (Lipinski definition) is 1. The molecule has 9 nitrogen and oxygen atoms in total. The average molecular weight is 589 g/mol. The number of para-hydroxylation sites is 1. The Hall–Kier alpha value is -4.92. The third kappa shape index (κ3) is 5.02. The van der Waals surface area contributed by atoms with E-state index in [-0.39, 0.29) is 17.6 Å². The van der Waals surface area contributed by atoms with Crippen LogP contribution in [0.3, 0.4) is 0 Å². The molecule has 3 heterocycles. The highest BCUT2D eigenvalue weighted by molar-refractivity contribution is 5.98. The van der Waals surface area contributed by atoms with Gasteiger partial charge in [-0.05, 0) is 87.6 Å². The predicted molar refractivity (Wildman–Crippen MR) is 170 cm³/mol. The van der Waals surface area contributed by atoms with Crippen molar-refractivity contribution in [2.24, 2.45) is 0 Å². The molecule has 44 heavy (non-hydrogen) atoms. The molecule has 2 aliphatic rings. The molecule has 1 aliphatic heterocycles. The Morgan fingerprint density at radius 2 is 1.59 bits per heavy atom. The highest BCUT2D eigenvalue weighted by Gasteiger charge is 2.47. The first-order valence-electron chi connectivity index (χ1n) is 15.1. The minimum atomic E-state index is -0.519. The van der Waals surface area contributed by atoms with E-state index in [9.17, 15) is 4.79 Å². The Morgan fingerprint density at radius 1 is 0.909 bits per heavy atom. The summed E-state index contributed by atoms with van der Waals surface area (Å²) in [6.45, 7) is 7.00. The maximum absolute atomic E-state index is 12.8. The van der Waals surface area contributed by atoms with Crippen molar-refractivity contribution in [3.63, 3.8) is 0 Å². The van der Waals surface area contributed by atoms with Crippen LogP contribution in [0.1, 0.15) is 57.2 Å². The van der Waals surface area contributed by atoms with Gasteiger partial charge in [-0.1, -0.05) is 42.5 Å². The van der Waals surface area contributed by atoms with Crippen LogP contribution in [0.4, 0.5) is 10.6 Å². The van der Waals surface area contributed by atoms with Crippen molar-refractivity contribution in [3.05, 3.63) is 96.3 Å². The first-order chi connectivity index (χ1) is 21.2. The van der Waals surface area contributed by atoms with Gasteiger partial charge in [-0.2, -0.15) is 5.10 Å². The van der Waals surface area contributed by atoms with Crippen LogP contribution in [-0.4, -0.2) is 49.4 Å². The number of nitrogens with two attached hydrogens (primary N) is 1. The van der Waals surface area contributed by atoms with Crippen molar-refractivity contribution in [2.45, 2.75) is 57.1 Å². The van der Waals surface area contributed by atoms with Crippen LogP contribution >= 0.6 is 0 Å². The normalized spacial score (nSPS) is 17.5. The molecule has 1 aliphatic carbocycles. The summed E-state index contributed by atoms with van der Waals surface area (Å²) in [5.41, 5.74) is 10.8. The number of fused-ring (bicyclic) bond motifs is 3. The Morgan fingerprint density at radius 3 is 2.32 bits per heavy atom. The van der Waals surface area contributed by atoms with Gasteiger partial charge in [0.2, 0.25) is 0 Å². The fourth-order valence-corrected chi connectivity index (χ4v) is 6.72. The number of nitrogen functional groups attached to an aromatic ring is 1. The highest BCUT2D eigenvalue weighted by Crippen LogP contribution is 2.53. The molecule has 1 saturated heterocycles. The number of benzene rings is 3. The lowest BCUT2D eigenvalue weighted by atomic mass is 9.73. The molecule has 2 aromatic heterocycles. The number of hydrogen-bond acceptors (Lipinski definition) is 7. The molecule has 3 aromatic carbocycles. The smallest absolute Gasteiger partial charge is 0.410 e. The van der Waals surface area contributed by atoms with E-state index in [0.717, 1.165) is 47.4 Å². The van der Waals surface area contributed by atoms with Crippen LogP contribution in [-0.2, 0) is 10.2 Å². The van der Waals surface area contributed by atoms with Gasteiger partial charge < -0.3 is 20.1 Å². The zero-order valence-corrected chi connectivity index (χ0v) is 25.2. The van der Waals surface area contributed by atoms with Gasteiger partial charge in [-0.3, -0.25) is 0 Å². The van der Waals surface area contributed by atoms with Crippen LogP contribution in [0.2, 0.25) is 0 Å². The summed E-state index contributed by atoms with van der Waals surface area (Å²) >= 11 is 0. The SMILES string of the molecule is CC(C)(C)OC(=O)N1CCC2(CC1)CC(n1nc(-c3ccc(Oc4ccccc4)cc3)c3c(N)ncnc31)c1ccccc12. The van der Waals surface area contributed by atoms with Gasteiger partial charge in [0.1, 0.15) is 34.9 Å². The topological polar surface area (TPSA) is 108 Å². The summed E-state index contributed by atoms with van der Waals surface area (Å²) in [5.74, 6) is 1.91. The van der Waals surface area contributed by atoms with Gasteiger partial charge >= 0.3 is 6.09 Å². The molecule has 2 N–H and O–H groups in total. The molecule has 1 amide bonds. The molecule has 7 rings (SSSR count). The van der Waals surface area contributed by atoms with E-state index in [1.165, 1.54) is 17.5 Å². The van der Waals surface area contributed by atoms with E-state index in [4.69, 9.17) is 25.3 Å². The molecule has 9 heteroatoms. The number of rotatable bonds is 4. The van der Waals surface area contributed by atoms with Crippen molar-refractivity contribution in [1.29, 1.82) is 0 Å². The fourth-order valence-electron chi connectivity index (χ4n) is 6.72. The average Bonchev–Trinajstić information content (AvgIpc) is 3.55. The second-order valence-corrected chi connectivity index (χ2v) is 12.7. The second-order valence-electron chi connectivity index (χ2n) is 12.7. The van der Waals surface area contributed by atoms with Crippen LogP contribution in [0.25, 0.3) is 22.3 Å². The fraction of sp³-hybridized carbons (Fsp3) is 0.314. The predicted octanol–water partition coefficient (Wildman–Crippen LogP) is 7.13. The van der Waals surface area contributed by atoms with Crippen LogP contribution in [0, 0.1) is 0 Å². The molecular formula is C35H36N6O3. The third-order valence-electron chi connectivity index (χ3n) is 8.77. The van der Waals surface area contributed by atoms with Gasteiger partial charge in [-0.25, -0.2) is 19.4 Å². The Labute approximate surface area is 256 Å². The van der Waals surface area contributed by atoms with E-state index in [2.05, 4.69) is 29.2 Å². The van der Waals surface area contributed by atoms with Crippen molar-refractivity contribution in [2.75, 3.05) is 18.8 Å². The van der Waals surface area contributed by atoms with E-state index in [0.29, 0.717) is 24.6 Å². The zero-order chi connectivity index (χ0) is 30.5. The standard InChI is InChI=1S/C35H36N6O3/c1-34(2,3)44-33(42)40-19-17-35(18-20-40)21-28(26-11-7-8-12-27(26)35)41-32-29(31(36)37-22-38-32)30(39-41)23-13-15-25(16-14-23)43-24-9-5-4-6-10-24/h4-16,22,28H,17-21H2,1-3H3,(H2,36,37,38). The molecule has 1 unspecified atom stereocenters. The molecule has 1 fully saturated rings. The first-order valence-corrected chi connectivity index (χ1v) is 15.1. The van der Waals surface area contributed by atoms with Gasteiger partial charge in [0, 0.05) is 24.1 Å². The maximum Gasteiger partial charge on any atom is 0.410 e. The zero-order valence-electron chi connectivity index (χ0n) is 25.2. The molecular weight excluding hydrogens is 552 g/mol. The maximum atomic E-state index is 12.8. The number of carbonyl (C=O) groups excluding carboxylic acids is 1. The first kappa shape index (κ1) is 27.9. The quantitative estimate of drug-likeness (QED) is 0.238. The number of likely N-dealkylation sites (tertiary alicyclic amines) is 1. The largest absolute Gasteiger partial charge is 0.457 e. The molecule has 0 saturated carbocycles. The van der Waals surface area contributed by atoms with Gasteiger partial charge in [0.25, 0.3) is 0 Å². The summed E-state index contributed by atoms with van der Waals surface area (Å²) < 4.78 is 13.7. The van der Waals surface area contributed by atoms with E-state index < -0.39 is 5.60 Å². The van der Waals surface area contributed by atoms with E-state index >= 15 is 0 Å². The summed E-state index contributed by atoms with van der Waals surface area (Å²) in [6.07, 6.45) is 3.83. The van der Waals surface area contributed by atoms with Crippen LogP contribution in [0.5, 0.6) is 11.5 Å². The molecule has 0 radical (unpaired) electrons. The van der Waals surface area contributed by atoms with Crippen molar-refractivity contribution in [1.82, 2.24) is 24.6 Å². The molecule has 0 bridgehead atoms. The summed E-state index contributed by atoms with van der Waals surface area (Å²) in [5, 5.41) is 5.92. The Kier molecular flexibility index (Phi) is 6.76. The van der Waals surface area contributed by atoms with Crippen molar-refractivity contribution >= 4 is 22.9 Å². The monoisotopic (exact) mass is 588 g/mol. The van der Waals surface area contributed by atoms with E-state index in [1.54, 1.807) is 0 Å². The molecule has 224 valence electrons. The molecule has 1 atom stereocenters. The van der Waals surface area contributed by atoms with Crippen LogP contribution < -0.4 is 10.5 Å². The van der Waals surface area contributed by atoms with Gasteiger partial charge in [0.05, 0.1) is 11.4 Å². The van der Waals surface area contributed by atoms with Gasteiger partial charge in [-0.15, -0.1) is 0 Å². The highest BCUT2D eigenvalue weighted by atomic mass is 16.6. The Bertz CT molecular complexity index is 1820.